The maximum atomic E-state index is 12.3. The van der Waals surface area contributed by atoms with Crippen LogP contribution in [-0.4, -0.2) is 37.0 Å². The molecule has 146 valence electrons. The van der Waals surface area contributed by atoms with E-state index in [4.69, 9.17) is 0 Å². The summed E-state index contributed by atoms with van der Waals surface area (Å²) < 4.78 is 0. The van der Waals surface area contributed by atoms with Gasteiger partial charge in [0.05, 0.1) is 0 Å². The molecule has 4 nitrogen and oxygen atoms in total. The van der Waals surface area contributed by atoms with Gasteiger partial charge in [0.2, 0.25) is 0 Å². The number of nitrogens with one attached hydrogen (secondary N) is 2. The molecule has 2 aromatic carbocycles. The molecule has 4 heteroatoms. The maximum Gasteiger partial charge on any atom is 0.256 e. The number of fused-ring (bicyclic) bond motifs is 1. The standard InChI is InChI=1S/C24H29N3O/c1-18-6-5-7-22-23(18)21(24(28)26-22)12-14-25-20-10-8-19(9-11-20)13-17-27-15-3-2-4-16-27/h5-12,25H,2-4,13-17H2,1H3,(H,26,28)/b21-12+. The fourth-order valence-corrected chi connectivity index (χ4v) is 4.16. The minimum absolute atomic E-state index is 0.0147. The number of hydrogen-bond donors (Lipinski definition) is 2. The Morgan fingerprint density at radius 3 is 2.64 bits per heavy atom. The summed E-state index contributed by atoms with van der Waals surface area (Å²) in [6, 6.07) is 14.7. The van der Waals surface area contributed by atoms with Gasteiger partial charge in [0, 0.05) is 35.6 Å². The zero-order valence-electron chi connectivity index (χ0n) is 16.6. The highest BCUT2D eigenvalue weighted by Gasteiger charge is 2.24. The van der Waals surface area contributed by atoms with Gasteiger partial charge in [-0.1, -0.05) is 36.8 Å². The molecule has 2 aromatic rings. The van der Waals surface area contributed by atoms with Crippen molar-refractivity contribution in [1.29, 1.82) is 0 Å². The van der Waals surface area contributed by atoms with E-state index < -0.39 is 0 Å². The van der Waals surface area contributed by atoms with E-state index in [0.717, 1.165) is 41.0 Å². The van der Waals surface area contributed by atoms with Crippen LogP contribution in [0.15, 0.2) is 48.5 Å². The minimum atomic E-state index is -0.0147. The Labute approximate surface area is 167 Å². The second kappa shape index (κ2) is 8.61. The predicted octanol–water partition coefficient (Wildman–Crippen LogP) is 4.47. The number of likely N-dealkylation sites (tertiary alicyclic amines) is 1. The number of rotatable bonds is 6. The highest BCUT2D eigenvalue weighted by atomic mass is 16.2. The number of piperidine rings is 1. The second-order valence-electron chi connectivity index (χ2n) is 7.80. The Morgan fingerprint density at radius 1 is 1.07 bits per heavy atom. The Morgan fingerprint density at radius 2 is 1.86 bits per heavy atom. The number of benzene rings is 2. The molecule has 0 aliphatic carbocycles. The number of amides is 1. The first kappa shape index (κ1) is 18.8. The first-order valence-corrected chi connectivity index (χ1v) is 10.4. The van der Waals surface area contributed by atoms with Gasteiger partial charge in [-0.2, -0.15) is 0 Å². The van der Waals surface area contributed by atoms with Gasteiger partial charge in [-0.25, -0.2) is 0 Å². The van der Waals surface area contributed by atoms with E-state index in [1.165, 1.54) is 37.9 Å². The van der Waals surface area contributed by atoms with Crippen LogP contribution in [0.4, 0.5) is 11.4 Å². The van der Waals surface area contributed by atoms with Gasteiger partial charge in [0.1, 0.15) is 0 Å². The molecule has 1 fully saturated rings. The molecule has 2 aliphatic heterocycles. The molecule has 2 N–H and O–H groups in total. The summed E-state index contributed by atoms with van der Waals surface area (Å²) in [6.07, 6.45) is 7.18. The van der Waals surface area contributed by atoms with Crippen LogP contribution in [0, 0.1) is 6.92 Å². The maximum absolute atomic E-state index is 12.3. The van der Waals surface area contributed by atoms with Crippen LogP contribution in [-0.2, 0) is 11.2 Å². The molecule has 1 amide bonds. The lowest BCUT2D eigenvalue weighted by Gasteiger charge is -2.26. The molecular formula is C24H29N3O. The van der Waals surface area contributed by atoms with E-state index in [1.54, 1.807) is 0 Å². The van der Waals surface area contributed by atoms with Crippen LogP contribution < -0.4 is 10.6 Å². The molecule has 1 saturated heterocycles. The smallest absolute Gasteiger partial charge is 0.256 e. The first-order valence-electron chi connectivity index (χ1n) is 10.4. The van der Waals surface area contributed by atoms with Gasteiger partial charge in [-0.15, -0.1) is 0 Å². The molecule has 0 unspecified atom stereocenters. The van der Waals surface area contributed by atoms with Crippen molar-refractivity contribution in [3.63, 3.8) is 0 Å². The van der Waals surface area contributed by atoms with Gasteiger partial charge in [-0.3, -0.25) is 4.79 Å². The van der Waals surface area contributed by atoms with E-state index >= 15 is 0 Å². The fraction of sp³-hybridized carbons (Fsp3) is 0.375. The monoisotopic (exact) mass is 375 g/mol. The zero-order valence-corrected chi connectivity index (χ0v) is 16.6. The van der Waals surface area contributed by atoms with Crippen LogP contribution >= 0.6 is 0 Å². The average Bonchev–Trinajstić information content (AvgIpc) is 3.05. The molecule has 0 spiro atoms. The van der Waals surface area contributed by atoms with Gasteiger partial charge in [0.15, 0.2) is 0 Å². The van der Waals surface area contributed by atoms with Gasteiger partial charge < -0.3 is 15.5 Å². The van der Waals surface area contributed by atoms with Gasteiger partial charge >= 0.3 is 0 Å². The highest BCUT2D eigenvalue weighted by molar-refractivity contribution is 6.32. The number of nitrogens with zero attached hydrogens (tertiary/aromatic N) is 1. The normalized spacial score (nSPS) is 18.2. The van der Waals surface area contributed by atoms with Gasteiger partial charge in [0.25, 0.3) is 5.91 Å². The molecule has 0 aromatic heterocycles. The SMILES string of the molecule is Cc1cccc2c1/C(=C\CNc1ccc(CCN3CCCCC3)cc1)C(=O)N2. The Bertz CT molecular complexity index is 864. The Hall–Kier alpha value is -2.59. The molecule has 2 aliphatic rings. The zero-order chi connectivity index (χ0) is 19.3. The Kier molecular flexibility index (Phi) is 5.77. The van der Waals surface area contributed by atoms with E-state index in [-0.39, 0.29) is 5.91 Å². The van der Waals surface area contributed by atoms with Crippen molar-refractivity contribution in [3.05, 3.63) is 65.2 Å². The third kappa shape index (κ3) is 4.28. The van der Waals surface area contributed by atoms with E-state index in [2.05, 4.69) is 39.8 Å². The molecule has 0 saturated carbocycles. The van der Waals surface area contributed by atoms with E-state index in [1.807, 2.05) is 31.2 Å². The molecular weight excluding hydrogens is 346 g/mol. The van der Waals surface area contributed by atoms with Crippen molar-refractivity contribution >= 4 is 22.9 Å². The number of anilines is 2. The third-order valence-corrected chi connectivity index (χ3v) is 5.77. The number of aryl methyl sites for hydroxylation is 1. The summed E-state index contributed by atoms with van der Waals surface area (Å²) in [7, 11) is 0. The quantitative estimate of drug-likeness (QED) is 0.732. The van der Waals surface area contributed by atoms with Crippen molar-refractivity contribution in [1.82, 2.24) is 4.90 Å². The van der Waals surface area contributed by atoms with Crippen molar-refractivity contribution < 1.29 is 4.79 Å². The molecule has 2 heterocycles. The predicted molar refractivity (Wildman–Crippen MR) is 117 cm³/mol. The topological polar surface area (TPSA) is 44.4 Å². The number of hydrogen-bond acceptors (Lipinski definition) is 3. The van der Waals surface area contributed by atoms with Crippen LogP contribution in [0.1, 0.15) is 36.0 Å². The van der Waals surface area contributed by atoms with Crippen LogP contribution in [0.25, 0.3) is 5.57 Å². The first-order chi connectivity index (χ1) is 13.7. The summed E-state index contributed by atoms with van der Waals surface area (Å²) >= 11 is 0. The van der Waals surface area contributed by atoms with Crippen LogP contribution in [0.5, 0.6) is 0 Å². The van der Waals surface area contributed by atoms with E-state index in [9.17, 15) is 4.79 Å². The largest absolute Gasteiger partial charge is 0.382 e. The summed E-state index contributed by atoms with van der Waals surface area (Å²) in [5.74, 6) is -0.0147. The Balaban J connectivity index is 1.32. The van der Waals surface area contributed by atoms with Crippen molar-refractivity contribution in [2.24, 2.45) is 0 Å². The summed E-state index contributed by atoms with van der Waals surface area (Å²) in [6.45, 7) is 6.34. The van der Waals surface area contributed by atoms with Crippen LogP contribution in [0.3, 0.4) is 0 Å². The minimum Gasteiger partial charge on any atom is -0.382 e. The van der Waals surface area contributed by atoms with Crippen molar-refractivity contribution in [3.8, 4) is 0 Å². The summed E-state index contributed by atoms with van der Waals surface area (Å²) in [4.78, 5) is 14.8. The molecule has 0 radical (unpaired) electrons. The average molecular weight is 376 g/mol. The summed E-state index contributed by atoms with van der Waals surface area (Å²) in [5.41, 5.74) is 6.30. The lowest BCUT2D eigenvalue weighted by atomic mass is 10.0. The number of carbonyl (C=O) groups is 1. The lowest BCUT2D eigenvalue weighted by Crippen LogP contribution is -2.31. The lowest BCUT2D eigenvalue weighted by molar-refractivity contribution is -0.110. The highest BCUT2D eigenvalue weighted by Crippen LogP contribution is 2.33. The molecule has 28 heavy (non-hydrogen) atoms. The van der Waals surface area contributed by atoms with Crippen molar-refractivity contribution in [2.75, 3.05) is 36.8 Å². The summed E-state index contributed by atoms with van der Waals surface area (Å²) in [5, 5.41) is 6.35. The number of carbonyl (C=O) groups excluding carboxylic acids is 1. The molecule has 0 atom stereocenters. The van der Waals surface area contributed by atoms with Crippen molar-refractivity contribution in [2.45, 2.75) is 32.6 Å². The fourth-order valence-electron chi connectivity index (χ4n) is 4.16. The molecule has 4 rings (SSSR count). The third-order valence-electron chi connectivity index (χ3n) is 5.77. The van der Waals surface area contributed by atoms with Gasteiger partial charge in [-0.05, 0) is 68.6 Å². The van der Waals surface area contributed by atoms with Crippen LogP contribution in [0.2, 0.25) is 0 Å². The van der Waals surface area contributed by atoms with E-state index in [0.29, 0.717) is 6.54 Å². The molecule has 0 bridgehead atoms. The second-order valence-corrected chi connectivity index (χ2v) is 7.80.